The van der Waals surface area contributed by atoms with Gasteiger partial charge in [0.15, 0.2) is 0 Å². The van der Waals surface area contributed by atoms with E-state index >= 15 is 0 Å². The van der Waals surface area contributed by atoms with Crippen molar-refractivity contribution in [3.8, 4) is 0 Å². The normalized spacial score (nSPS) is 12.2. The van der Waals surface area contributed by atoms with Crippen molar-refractivity contribution in [1.82, 2.24) is 0 Å². The fourth-order valence-corrected chi connectivity index (χ4v) is 1.72. The van der Waals surface area contributed by atoms with Crippen LogP contribution < -0.4 is 0 Å². The summed E-state index contributed by atoms with van der Waals surface area (Å²) in [5, 5.41) is 0. The molecular weight excluding hydrogens is 184 g/mol. The van der Waals surface area contributed by atoms with Gasteiger partial charge in [-0.3, -0.25) is 0 Å². The van der Waals surface area contributed by atoms with E-state index in [1.807, 2.05) is 6.92 Å². The highest BCUT2D eigenvalue weighted by Crippen LogP contribution is 2.23. The maximum absolute atomic E-state index is 5.73. The summed E-state index contributed by atoms with van der Waals surface area (Å²) in [6, 6.07) is 0. The van der Waals surface area contributed by atoms with Gasteiger partial charge in [-0.05, 0) is 39.2 Å². The van der Waals surface area contributed by atoms with Crippen molar-refractivity contribution in [2.75, 3.05) is 0 Å². The molecule has 0 bridgehead atoms. The van der Waals surface area contributed by atoms with Crippen molar-refractivity contribution >= 4 is 0 Å². The smallest absolute Gasteiger partial charge is 0.107 e. The maximum Gasteiger partial charge on any atom is 0.107 e. The molecule has 0 unspecified atom stereocenters. The molecule has 0 N–H and O–H groups in total. The van der Waals surface area contributed by atoms with E-state index in [2.05, 4.69) is 33.8 Å². The van der Waals surface area contributed by atoms with Crippen molar-refractivity contribution in [1.29, 1.82) is 0 Å². The van der Waals surface area contributed by atoms with Crippen molar-refractivity contribution in [2.45, 2.75) is 53.9 Å². The van der Waals surface area contributed by atoms with Crippen molar-refractivity contribution in [2.24, 2.45) is 0 Å². The predicted molar refractivity (Wildman–Crippen MR) is 65.3 cm³/mol. The van der Waals surface area contributed by atoms with Gasteiger partial charge in [-0.1, -0.05) is 25.5 Å². The van der Waals surface area contributed by atoms with Crippen molar-refractivity contribution in [3.05, 3.63) is 34.3 Å². The van der Waals surface area contributed by atoms with E-state index in [4.69, 9.17) is 4.42 Å². The lowest BCUT2D eigenvalue weighted by Crippen LogP contribution is -1.89. The zero-order valence-corrected chi connectivity index (χ0v) is 10.6. The van der Waals surface area contributed by atoms with Crippen LogP contribution in [0.15, 0.2) is 16.1 Å². The highest BCUT2D eigenvalue weighted by molar-refractivity contribution is 5.34. The van der Waals surface area contributed by atoms with Gasteiger partial charge in [0, 0.05) is 12.0 Å². The van der Waals surface area contributed by atoms with E-state index in [-0.39, 0.29) is 0 Å². The standard InChI is InChI=1S/C14H22O/c1-6-10(3)8-9-13-11(4)12(5)15-14(13)7-2/h8H,6-7,9H2,1-5H3/b10-8+. The molecule has 0 fully saturated rings. The Morgan fingerprint density at radius 3 is 2.47 bits per heavy atom. The molecule has 1 aromatic rings. The Bertz CT molecular complexity index is 356. The summed E-state index contributed by atoms with van der Waals surface area (Å²) in [4.78, 5) is 0. The number of rotatable bonds is 4. The SMILES string of the molecule is CC/C(C)=C/Cc1c(CC)oc(C)c1C. The average Bonchev–Trinajstić information content (AvgIpc) is 2.52. The molecule has 0 amide bonds. The zero-order chi connectivity index (χ0) is 11.4. The quantitative estimate of drug-likeness (QED) is 0.667. The molecule has 0 radical (unpaired) electrons. The second kappa shape index (κ2) is 5.20. The van der Waals surface area contributed by atoms with Gasteiger partial charge in [-0.15, -0.1) is 0 Å². The molecule has 0 atom stereocenters. The van der Waals surface area contributed by atoms with Gasteiger partial charge in [0.2, 0.25) is 0 Å². The largest absolute Gasteiger partial charge is 0.466 e. The Morgan fingerprint density at radius 1 is 1.27 bits per heavy atom. The molecule has 1 heterocycles. The highest BCUT2D eigenvalue weighted by Gasteiger charge is 2.11. The van der Waals surface area contributed by atoms with E-state index in [0.29, 0.717) is 0 Å². The van der Waals surface area contributed by atoms with E-state index in [1.165, 1.54) is 16.7 Å². The molecule has 1 nitrogen and oxygen atoms in total. The Labute approximate surface area is 93.2 Å². The van der Waals surface area contributed by atoms with E-state index in [1.54, 1.807) is 0 Å². The fraction of sp³-hybridized carbons (Fsp3) is 0.571. The Hall–Kier alpha value is -0.980. The summed E-state index contributed by atoms with van der Waals surface area (Å²) in [5.41, 5.74) is 4.17. The van der Waals surface area contributed by atoms with Crippen LogP contribution >= 0.6 is 0 Å². The van der Waals surface area contributed by atoms with Gasteiger partial charge in [0.05, 0.1) is 0 Å². The van der Waals surface area contributed by atoms with Crippen LogP contribution in [0, 0.1) is 13.8 Å². The van der Waals surface area contributed by atoms with Crippen LogP contribution in [0.2, 0.25) is 0 Å². The van der Waals surface area contributed by atoms with E-state index < -0.39 is 0 Å². The summed E-state index contributed by atoms with van der Waals surface area (Å²) >= 11 is 0. The minimum Gasteiger partial charge on any atom is -0.466 e. The first-order chi connectivity index (χ1) is 7.10. The number of hydrogen-bond acceptors (Lipinski definition) is 1. The van der Waals surface area contributed by atoms with Crippen LogP contribution in [-0.4, -0.2) is 0 Å². The van der Waals surface area contributed by atoms with E-state index in [9.17, 15) is 0 Å². The topological polar surface area (TPSA) is 13.1 Å². The van der Waals surface area contributed by atoms with Crippen LogP contribution in [0.4, 0.5) is 0 Å². The molecule has 0 aliphatic rings. The molecule has 0 saturated heterocycles. The lowest BCUT2D eigenvalue weighted by molar-refractivity contribution is 0.484. The van der Waals surface area contributed by atoms with Crippen molar-refractivity contribution < 1.29 is 4.42 Å². The Morgan fingerprint density at radius 2 is 1.93 bits per heavy atom. The third-order valence-electron chi connectivity index (χ3n) is 3.13. The molecule has 1 aromatic heterocycles. The average molecular weight is 206 g/mol. The minimum atomic E-state index is 0.989. The first kappa shape index (κ1) is 12.1. The summed E-state index contributed by atoms with van der Waals surface area (Å²) in [7, 11) is 0. The van der Waals surface area contributed by atoms with E-state index in [0.717, 1.165) is 30.8 Å². The third-order valence-corrected chi connectivity index (χ3v) is 3.13. The molecule has 84 valence electrons. The number of aryl methyl sites for hydroxylation is 2. The van der Waals surface area contributed by atoms with Gasteiger partial charge in [0.25, 0.3) is 0 Å². The van der Waals surface area contributed by atoms with Crippen LogP contribution in [0.5, 0.6) is 0 Å². The zero-order valence-electron chi connectivity index (χ0n) is 10.6. The molecule has 0 spiro atoms. The van der Waals surface area contributed by atoms with Gasteiger partial charge in [0.1, 0.15) is 11.5 Å². The van der Waals surface area contributed by atoms with Gasteiger partial charge in [-0.2, -0.15) is 0 Å². The maximum atomic E-state index is 5.73. The molecule has 0 aliphatic heterocycles. The van der Waals surface area contributed by atoms with Crippen LogP contribution in [0.25, 0.3) is 0 Å². The molecular formula is C14H22O. The van der Waals surface area contributed by atoms with Gasteiger partial charge >= 0.3 is 0 Å². The van der Waals surface area contributed by atoms with Gasteiger partial charge in [-0.25, -0.2) is 0 Å². The molecule has 1 rings (SSSR count). The lowest BCUT2D eigenvalue weighted by Gasteiger charge is -1.99. The summed E-state index contributed by atoms with van der Waals surface area (Å²) in [6.07, 6.45) is 5.46. The number of hydrogen-bond donors (Lipinski definition) is 0. The first-order valence-electron chi connectivity index (χ1n) is 5.83. The lowest BCUT2D eigenvalue weighted by atomic mass is 10.0. The summed E-state index contributed by atoms with van der Waals surface area (Å²) in [5.74, 6) is 2.23. The molecule has 15 heavy (non-hydrogen) atoms. The van der Waals surface area contributed by atoms with Crippen LogP contribution in [0.3, 0.4) is 0 Å². The number of allylic oxidation sites excluding steroid dienone is 2. The first-order valence-corrected chi connectivity index (χ1v) is 5.83. The molecule has 0 saturated carbocycles. The van der Waals surface area contributed by atoms with Crippen LogP contribution in [-0.2, 0) is 12.8 Å². The van der Waals surface area contributed by atoms with Crippen LogP contribution in [0.1, 0.15) is 49.8 Å². The summed E-state index contributed by atoms with van der Waals surface area (Å²) < 4.78 is 5.73. The molecule has 1 heteroatoms. The van der Waals surface area contributed by atoms with Gasteiger partial charge < -0.3 is 4.42 Å². The fourth-order valence-electron chi connectivity index (χ4n) is 1.72. The molecule has 0 aliphatic carbocycles. The second-order valence-electron chi connectivity index (χ2n) is 4.15. The number of furan rings is 1. The predicted octanol–water partition coefficient (Wildman–Crippen LogP) is 4.36. The second-order valence-corrected chi connectivity index (χ2v) is 4.15. The Kier molecular flexibility index (Phi) is 4.19. The summed E-state index contributed by atoms with van der Waals surface area (Å²) in [6.45, 7) is 10.7. The Balaban J connectivity index is 2.93. The third kappa shape index (κ3) is 2.74. The van der Waals surface area contributed by atoms with Crippen molar-refractivity contribution in [3.63, 3.8) is 0 Å². The highest BCUT2D eigenvalue weighted by atomic mass is 16.3. The minimum absolute atomic E-state index is 0.989. The monoisotopic (exact) mass is 206 g/mol. The molecule has 0 aromatic carbocycles.